The topological polar surface area (TPSA) is 12.0 Å². The molecule has 5 heteroatoms. The molecule has 0 aromatic heterocycles. The Morgan fingerprint density at radius 2 is 1.95 bits per heavy atom. The Balaban J connectivity index is 1.76. The summed E-state index contributed by atoms with van der Waals surface area (Å²) in [5, 5.41) is 4.02. The molecular formula is C14H18F3NS. The first-order chi connectivity index (χ1) is 9.05. The van der Waals surface area contributed by atoms with E-state index in [1.54, 1.807) is 12.1 Å². The van der Waals surface area contributed by atoms with Crippen LogP contribution in [-0.2, 0) is 12.6 Å². The van der Waals surface area contributed by atoms with Gasteiger partial charge in [0.2, 0.25) is 0 Å². The molecule has 0 spiro atoms. The van der Waals surface area contributed by atoms with E-state index < -0.39 is 11.7 Å². The summed E-state index contributed by atoms with van der Waals surface area (Å²) in [7, 11) is 0. The Morgan fingerprint density at radius 1 is 1.21 bits per heavy atom. The van der Waals surface area contributed by atoms with E-state index >= 15 is 0 Å². The number of alkyl halides is 3. The average Bonchev–Trinajstić information content (AvgIpc) is 2.39. The summed E-state index contributed by atoms with van der Waals surface area (Å²) in [5.41, 5.74) is 0.407. The summed E-state index contributed by atoms with van der Waals surface area (Å²) in [4.78, 5) is 0. The van der Waals surface area contributed by atoms with Gasteiger partial charge in [0.25, 0.3) is 0 Å². The van der Waals surface area contributed by atoms with Gasteiger partial charge in [-0.05, 0) is 49.3 Å². The van der Waals surface area contributed by atoms with Crippen LogP contribution in [0.2, 0.25) is 0 Å². The van der Waals surface area contributed by atoms with Crippen LogP contribution in [0, 0.1) is 0 Å². The van der Waals surface area contributed by atoms with Crippen molar-refractivity contribution >= 4 is 11.8 Å². The van der Waals surface area contributed by atoms with E-state index in [9.17, 15) is 13.2 Å². The molecule has 1 heterocycles. The number of hydrogen-bond donors (Lipinski definition) is 1. The summed E-state index contributed by atoms with van der Waals surface area (Å²) < 4.78 is 37.2. The fraction of sp³-hybridized carbons (Fsp3) is 0.571. The minimum absolute atomic E-state index is 0.569. The van der Waals surface area contributed by atoms with Gasteiger partial charge in [-0.1, -0.05) is 12.1 Å². The lowest BCUT2D eigenvalue weighted by Crippen LogP contribution is -2.31. The fourth-order valence-corrected chi connectivity index (χ4v) is 3.42. The Kier molecular flexibility index (Phi) is 5.16. The largest absolute Gasteiger partial charge is 0.416 e. The van der Waals surface area contributed by atoms with Gasteiger partial charge in [-0.3, -0.25) is 0 Å². The molecule has 1 saturated heterocycles. The number of thioether (sulfide) groups is 1. The van der Waals surface area contributed by atoms with E-state index in [1.807, 2.05) is 11.8 Å². The molecule has 0 amide bonds. The van der Waals surface area contributed by atoms with Gasteiger partial charge >= 0.3 is 6.18 Å². The quantitative estimate of drug-likeness (QED) is 0.906. The molecule has 0 radical (unpaired) electrons. The Hall–Kier alpha value is -0.680. The molecule has 0 bridgehead atoms. The van der Waals surface area contributed by atoms with Crippen molar-refractivity contribution in [1.29, 1.82) is 0 Å². The first-order valence-electron chi connectivity index (χ1n) is 6.54. The molecule has 1 fully saturated rings. The van der Waals surface area contributed by atoms with Gasteiger partial charge in [0, 0.05) is 11.8 Å². The van der Waals surface area contributed by atoms with Crippen LogP contribution < -0.4 is 5.32 Å². The minimum Gasteiger partial charge on any atom is -0.316 e. The van der Waals surface area contributed by atoms with Crippen LogP contribution >= 0.6 is 11.8 Å². The van der Waals surface area contributed by atoms with Crippen LogP contribution in [0.15, 0.2) is 24.3 Å². The zero-order valence-electron chi connectivity index (χ0n) is 10.7. The van der Waals surface area contributed by atoms with Gasteiger partial charge in [-0.25, -0.2) is 0 Å². The first-order valence-corrected chi connectivity index (χ1v) is 7.59. The van der Waals surface area contributed by atoms with Crippen LogP contribution in [0.3, 0.4) is 0 Å². The van der Waals surface area contributed by atoms with Crippen molar-refractivity contribution in [3.05, 3.63) is 35.4 Å². The van der Waals surface area contributed by atoms with Gasteiger partial charge in [0.15, 0.2) is 0 Å². The standard InChI is InChI=1S/C14H18F3NS/c15-14(16,17)12-5-3-11(4-6-12)7-9-19-13-2-1-8-18-10-13/h3-6,13,18H,1-2,7-10H2. The third-order valence-electron chi connectivity index (χ3n) is 3.28. The lowest BCUT2D eigenvalue weighted by Gasteiger charge is -2.22. The molecule has 1 aliphatic rings. The molecule has 1 nitrogen and oxygen atoms in total. The van der Waals surface area contributed by atoms with Crippen molar-refractivity contribution < 1.29 is 13.2 Å². The van der Waals surface area contributed by atoms with Crippen molar-refractivity contribution in [1.82, 2.24) is 5.32 Å². The summed E-state index contributed by atoms with van der Waals surface area (Å²) in [6.07, 6.45) is -0.941. The molecule has 106 valence electrons. The number of hydrogen-bond acceptors (Lipinski definition) is 2. The summed E-state index contributed by atoms with van der Waals surface area (Å²) >= 11 is 1.92. The predicted octanol–water partition coefficient (Wildman–Crippen LogP) is 3.73. The van der Waals surface area contributed by atoms with Crippen LogP contribution in [0.1, 0.15) is 24.0 Å². The molecule has 1 aromatic carbocycles. The van der Waals surface area contributed by atoms with Crippen LogP contribution in [-0.4, -0.2) is 24.1 Å². The number of piperidine rings is 1. The number of aryl methyl sites for hydroxylation is 1. The molecule has 1 aromatic rings. The number of benzene rings is 1. The van der Waals surface area contributed by atoms with Crippen LogP contribution in [0.25, 0.3) is 0 Å². The highest BCUT2D eigenvalue weighted by atomic mass is 32.2. The Labute approximate surface area is 116 Å². The molecule has 0 aliphatic carbocycles. The van der Waals surface area contributed by atoms with E-state index in [0.29, 0.717) is 5.25 Å². The Morgan fingerprint density at radius 3 is 2.53 bits per heavy atom. The van der Waals surface area contributed by atoms with E-state index in [1.165, 1.54) is 25.0 Å². The maximum absolute atomic E-state index is 12.4. The maximum atomic E-state index is 12.4. The van der Waals surface area contributed by atoms with E-state index in [0.717, 1.165) is 30.8 Å². The second-order valence-electron chi connectivity index (χ2n) is 4.78. The highest BCUT2D eigenvalue weighted by Crippen LogP contribution is 2.29. The number of nitrogens with one attached hydrogen (secondary N) is 1. The summed E-state index contributed by atoms with van der Waals surface area (Å²) in [6.45, 7) is 2.16. The second-order valence-corrected chi connectivity index (χ2v) is 6.19. The zero-order chi connectivity index (χ0) is 13.7. The molecule has 2 rings (SSSR count). The molecular weight excluding hydrogens is 271 g/mol. The lowest BCUT2D eigenvalue weighted by atomic mass is 10.1. The first kappa shape index (κ1) is 14.7. The molecule has 1 aliphatic heterocycles. The molecule has 1 atom stereocenters. The summed E-state index contributed by atoms with van der Waals surface area (Å²) in [5.74, 6) is 0.970. The van der Waals surface area contributed by atoms with Gasteiger partial charge < -0.3 is 5.32 Å². The highest BCUT2D eigenvalue weighted by Gasteiger charge is 2.29. The van der Waals surface area contributed by atoms with Crippen molar-refractivity contribution in [3.8, 4) is 0 Å². The Bertz CT molecular complexity index is 383. The van der Waals surface area contributed by atoms with Crippen molar-refractivity contribution in [2.75, 3.05) is 18.8 Å². The van der Waals surface area contributed by atoms with E-state index in [4.69, 9.17) is 0 Å². The van der Waals surface area contributed by atoms with Crippen molar-refractivity contribution in [2.24, 2.45) is 0 Å². The minimum atomic E-state index is -4.24. The second kappa shape index (κ2) is 6.66. The molecule has 19 heavy (non-hydrogen) atoms. The van der Waals surface area contributed by atoms with Crippen LogP contribution in [0.5, 0.6) is 0 Å². The highest BCUT2D eigenvalue weighted by molar-refractivity contribution is 7.99. The normalized spacial score (nSPS) is 20.5. The number of halogens is 3. The van der Waals surface area contributed by atoms with Gasteiger partial charge in [0.05, 0.1) is 5.56 Å². The SMILES string of the molecule is FC(F)(F)c1ccc(CCSC2CCCNC2)cc1. The van der Waals surface area contributed by atoms with Gasteiger partial charge in [-0.15, -0.1) is 0 Å². The van der Waals surface area contributed by atoms with Gasteiger partial charge in [-0.2, -0.15) is 24.9 Å². The van der Waals surface area contributed by atoms with E-state index in [2.05, 4.69) is 5.32 Å². The monoisotopic (exact) mass is 289 g/mol. The lowest BCUT2D eigenvalue weighted by molar-refractivity contribution is -0.137. The third-order valence-corrected chi connectivity index (χ3v) is 4.59. The fourth-order valence-electron chi connectivity index (χ4n) is 2.17. The molecule has 1 N–H and O–H groups in total. The zero-order valence-corrected chi connectivity index (χ0v) is 11.5. The molecule has 1 unspecified atom stereocenters. The molecule has 0 saturated carbocycles. The van der Waals surface area contributed by atoms with E-state index in [-0.39, 0.29) is 0 Å². The van der Waals surface area contributed by atoms with Crippen molar-refractivity contribution in [2.45, 2.75) is 30.7 Å². The third kappa shape index (κ3) is 4.73. The summed E-state index contributed by atoms with van der Waals surface area (Å²) in [6, 6.07) is 5.51. The number of rotatable bonds is 4. The predicted molar refractivity (Wildman–Crippen MR) is 73.5 cm³/mol. The van der Waals surface area contributed by atoms with Gasteiger partial charge in [0.1, 0.15) is 0 Å². The smallest absolute Gasteiger partial charge is 0.316 e. The van der Waals surface area contributed by atoms with Crippen molar-refractivity contribution in [3.63, 3.8) is 0 Å². The average molecular weight is 289 g/mol. The van der Waals surface area contributed by atoms with Crippen LogP contribution in [0.4, 0.5) is 13.2 Å². The maximum Gasteiger partial charge on any atom is 0.416 e.